The number of nitrogens with zero attached hydrogens (tertiary/aromatic N) is 1. The van der Waals surface area contributed by atoms with Crippen LogP contribution in [0.1, 0.15) is 33.1 Å². The van der Waals surface area contributed by atoms with Crippen molar-refractivity contribution in [3.8, 4) is 0 Å². The van der Waals surface area contributed by atoms with Crippen LogP contribution in [-0.2, 0) is 14.4 Å². The largest absolute Gasteiger partial charge is 0.481 e. The zero-order valence-corrected chi connectivity index (χ0v) is 11.3. The van der Waals surface area contributed by atoms with Gasteiger partial charge in [0.2, 0.25) is 11.8 Å². The molecular formula is C12H21N3O4. The highest BCUT2D eigenvalue weighted by atomic mass is 16.4. The second-order valence-corrected chi connectivity index (χ2v) is 4.77. The van der Waals surface area contributed by atoms with Crippen LogP contribution < -0.4 is 11.1 Å². The summed E-state index contributed by atoms with van der Waals surface area (Å²) in [6, 6.07) is -0.972. The average molecular weight is 271 g/mol. The first kappa shape index (κ1) is 15.4. The van der Waals surface area contributed by atoms with Crippen LogP contribution in [0.4, 0.5) is 0 Å². The van der Waals surface area contributed by atoms with Gasteiger partial charge in [-0.15, -0.1) is 0 Å². The number of hydrogen-bond acceptors (Lipinski definition) is 4. The van der Waals surface area contributed by atoms with E-state index in [1.165, 1.54) is 4.90 Å². The van der Waals surface area contributed by atoms with Gasteiger partial charge in [0.25, 0.3) is 0 Å². The zero-order chi connectivity index (χ0) is 14.6. The molecule has 1 aliphatic heterocycles. The van der Waals surface area contributed by atoms with Crippen LogP contribution in [0.2, 0.25) is 0 Å². The van der Waals surface area contributed by atoms with Gasteiger partial charge in [0.05, 0.1) is 12.0 Å². The Hall–Kier alpha value is -1.63. The van der Waals surface area contributed by atoms with Gasteiger partial charge in [0, 0.05) is 13.1 Å². The summed E-state index contributed by atoms with van der Waals surface area (Å²) in [5, 5.41) is 11.4. The van der Waals surface area contributed by atoms with E-state index in [1.54, 1.807) is 13.8 Å². The molecule has 1 unspecified atom stereocenters. The monoisotopic (exact) mass is 271 g/mol. The first-order valence-corrected chi connectivity index (χ1v) is 6.45. The lowest BCUT2D eigenvalue weighted by atomic mass is 9.91. The van der Waals surface area contributed by atoms with E-state index in [-0.39, 0.29) is 5.91 Å². The molecule has 0 bridgehead atoms. The Balaban J connectivity index is 2.96. The van der Waals surface area contributed by atoms with Crippen molar-refractivity contribution in [2.45, 2.75) is 44.7 Å². The van der Waals surface area contributed by atoms with Gasteiger partial charge in [-0.05, 0) is 12.8 Å². The molecule has 0 saturated carbocycles. The van der Waals surface area contributed by atoms with Gasteiger partial charge in [-0.25, -0.2) is 0 Å². The number of amides is 2. The molecule has 1 rings (SSSR count). The van der Waals surface area contributed by atoms with E-state index in [0.29, 0.717) is 25.9 Å². The van der Waals surface area contributed by atoms with Gasteiger partial charge >= 0.3 is 5.97 Å². The molecule has 108 valence electrons. The number of carbonyl (C=O) groups is 3. The van der Waals surface area contributed by atoms with E-state index in [4.69, 9.17) is 10.8 Å². The Labute approximate surface area is 112 Å². The lowest BCUT2D eigenvalue weighted by Crippen LogP contribution is -2.64. The van der Waals surface area contributed by atoms with E-state index < -0.39 is 29.9 Å². The highest BCUT2D eigenvalue weighted by molar-refractivity contribution is 5.94. The second-order valence-electron chi connectivity index (χ2n) is 4.77. The number of nitrogens with two attached hydrogens (primary N) is 1. The summed E-state index contributed by atoms with van der Waals surface area (Å²) >= 11 is 0. The summed E-state index contributed by atoms with van der Waals surface area (Å²) in [6.45, 7) is 4.22. The molecule has 0 aromatic carbocycles. The first-order chi connectivity index (χ1) is 8.85. The minimum atomic E-state index is -1.12. The second kappa shape index (κ2) is 6.01. The van der Waals surface area contributed by atoms with Crippen LogP contribution in [0.5, 0.6) is 0 Å². The number of carbonyl (C=O) groups excluding carboxylic acids is 2. The molecule has 1 heterocycles. The van der Waals surface area contributed by atoms with Crippen molar-refractivity contribution in [1.82, 2.24) is 10.2 Å². The van der Waals surface area contributed by atoms with Crippen LogP contribution in [-0.4, -0.2) is 52.5 Å². The maximum absolute atomic E-state index is 12.4. The Morgan fingerprint density at radius 2 is 2.05 bits per heavy atom. The number of piperazine rings is 1. The molecule has 0 aromatic rings. The van der Waals surface area contributed by atoms with Crippen LogP contribution >= 0.6 is 0 Å². The van der Waals surface area contributed by atoms with Crippen molar-refractivity contribution in [3.05, 3.63) is 0 Å². The standard InChI is InChI=1S/C12H21N3O4/c1-3-12(13,4-2)11(19)15-6-5-14-10(18)8(15)7-9(16)17/h8H,3-7,13H2,1-2H3,(H,14,18)(H,16,17). The van der Waals surface area contributed by atoms with E-state index in [0.717, 1.165) is 0 Å². The third-order valence-corrected chi connectivity index (χ3v) is 3.65. The maximum Gasteiger partial charge on any atom is 0.305 e. The van der Waals surface area contributed by atoms with Crippen LogP contribution in [0.15, 0.2) is 0 Å². The summed E-state index contributed by atoms with van der Waals surface area (Å²) in [6.07, 6.45) is 0.488. The van der Waals surface area contributed by atoms with Crippen molar-refractivity contribution in [3.63, 3.8) is 0 Å². The summed E-state index contributed by atoms with van der Waals surface area (Å²) in [5.41, 5.74) is 5.01. The summed E-state index contributed by atoms with van der Waals surface area (Å²) in [4.78, 5) is 36.3. The maximum atomic E-state index is 12.4. The number of nitrogens with one attached hydrogen (secondary N) is 1. The molecule has 0 aromatic heterocycles. The number of carboxylic acid groups (broad SMARTS) is 1. The number of carboxylic acids is 1. The van der Waals surface area contributed by atoms with Crippen molar-refractivity contribution in [1.29, 1.82) is 0 Å². The van der Waals surface area contributed by atoms with Crippen molar-refractivity contribution in [2.24, 2.45) is 5.73 Å². The third kappa shape index (κ3) is 3.23. The lowest BCUT2D eigenvalue weighted by molar-refractivity contribution is -0.151. The van der Waals surface area contributed by atoms with Gasteiger partial charge in [0.15, 0.2) is 0 Å². The molecule has 1 atom stereocenters. The molecule has 7 heteroatoms. The quantitative estimate of drug-likeness (QED) is 0.612. The molecule has 1 aliphatic rings. The predicted octanol–water partition coefficient (Wildman–Crippen LogP) is -0.694. The number of hydrogen-bond donors (Lipinski definition) is 3. The molecule has 0 aliphatic carbocycles. The minimum absolute atomic E-state index is 0.293. The van der Waals surface area contributed by atoms with Crippen molar-refractivity contribution < 1.29 is 19.5 Å². The van der Waals surface area contributed by atoms with E-state index in [1.807, 2.05) is 0 Å². The molecule has 1 saturated heterocycles. The van der Waals surface area contributed by atoms with Crippen molar-refractivity contribution in [2.75, 3.05) is 13.1 Å². The zero-order valence-electron chi connectivity index (χ0n) is 11.3. The summed E-state index contributed by atoms with van der Waals surface area (Å²) in [7, 11) is 0. The molecule has 2 amide bonds. The average Bonchev–Trinajstić information content (AvgIpc) is 2.39. The molecule has 0 spiro atoms. The molecule has 7 nitrogen and oxygen atoms in total. The molecule has 4 N–H and O–H groups in total. The Morgan fingerprint density at radius 1 is 1.47 bits per heavy atom. The van der Waals surface area contributed by atoms with E-state index in [2.05, 4.69) is 5.32 Å². The summed E-state index contributed by atoms with van der Waals surface area (Å²) in [5.74, 6) is -1.90. The number of aliphatic carboxylic acids is 1. The van der Waals surface area contributed by atoms with Gasteiger partial charge in [-0.2, -0.15) is 0 Å². The Bertz CT molecular complexity index is 379. The number of rotatable bonds is 5. The molecule has 19 heavy (non-hydrogen) atoms. The highest BCUT2D eigenvalue weighted by Crippen LogP contribution is 2.19. The minimum Gasteiger partial charge on any atom is -0.481 e. The van der Waals surface area contributed by atoms with Gasteiger partial charge in [0.1, 0.15) is 6.04 Å². The highest BCUT2D eigenvalue weighted by Gasteiger charge is 2.41. The van der Waals surface area contributed by atoms with E-state index >= 15 is 0 Å². The molecule has 0 radical (unpaired) electrons. The predicted molar refractivity (Wildman–Crippen MR) is 68.3 cm³/mol. The molecular weight excluding hydrogens is 250 g/mol. The SMILES string of the molecule is CCC(N)(CC)C(=O)N1CCNC(=O)C1CC(=O)O. The Morgan fingerprint density at radius 3 is 2.53 bits per heavy atom. The fraction of sp³-hybridized carbons (Fsp3) is 0.750. The Kier molecular flexibility index (Phi) is 4.88. The normalized spacial score (nSPS) is 20.1. The molecule has 1 fully saturated rings. The van der Waals surface area contributed by atoms with Crippen LogP contribution in [0.25, 0.3) is 0 Å². The topological polar surface area (TPSA) is 113 Å². The van der Waals surface area contributed by atoms with Crippen LogP contribution in [0.3, 0.4) is 0 Å². The van der Waals surface area contributed by atoms with Gasteiger partial charge < -0.3 is 21.1 Å². The smallest absolute Gasteiger partial charge is 0.305 e. The van der Waals surface area contributed by atoms with Gasteiger partial charge in [-0.3, -0.25) is 14.4 Å². The first-order valence-electron chi connectivity index (χ1n) is 6.45. The fourth-order valence-electron chi connectivity index (χ4n) is 2.16. The van der Waals surface area contributed by atoms with Crippen molar-refractivity contribution >= 4 is 17.8 Å². The van der Waals surface area contributed by atoms with E-state index in [9.17, 15) is 14.4 Å². The third-order valence-electron chi connectivity index (χ3n) is 3.65. The van der Waals surface area contributed by atoms with Gasteiger partial charge in [-0.1, -0.05) is 13.8 Å². The fourth-order valence-corrected chi connectivity index (χ4v) is 2.16. The lowest BCUT2D eigenvalue weighted by Gasteiger charge is -2.39. The van der Waals surface area contributed by atoms with Crippen LogP contribution in [0, 0.1) is 0 Å². The summed E-state index contributed by atoms with van der Waals surface area (Å²) < 4.78 is 0.